The zero-order valence-corrected chi connectivity index (χ0v) is 18.9. The number of ether oxygens (including phenoxy) is 3. The van der Waals surface area contributed by atoms with Crippen LogP contribution >= 0.6 is 15.9 Å². The Bertz CT molecular complexity index is 1110. The Labute approximate surface area is 205 Å². The Hall–Kier alpha value is -3.42. The molecule has 0 aliphatic carbocycles. The molecule has 0 N–H and O–H groups in total. The summed E-state index contributed by atoms with van der Waals surface area (Å²) >= 11 is 3.02. The molecule has 4 nitrogen and oxygen atoms in total. The van der Waals surface area contributed by atoms with Crippen LogP contribution < -0.4 is 14.2 Å². The van der Waals surface area contributed by atoms with Gasteiger partial charge in [0.15, 0.2) is 5.78 Å². The van der Waals surface area contributed by atoms with Crippen LogP contribution in [0.3, 0.4) is 0 Å². The third kappa shape index (κ3) is 10.9. The van der Waals surface area contributed by atoms with Crippen LogP contribution in [0.1, 0.15) is 15.9 Å². The number of alkyl halides is 9. The van der Waals surface area contributed by atoms with E-state index in [2.05, 4.69) is 30.1 Å². The number of halogens is 10. The van der Waals surface area contributed by atoms with Gasteiger partial charge in [-0.2, -0.15) is 0 Å². The average molecular weight is 591 g/mol. The molecule has 194 valence electrons. The SMILES string of the molecule is FC(F)(F)Oc1cccc(Br)c1.O=C(c1cccc(OC(F)(F)F)c1)c1cccc(OC(F)(F)F)c1. The number of benzene rings is 3. The summed E-state index contributed by atoms with van der Waals surface area (Å²) in [6.45, 7) is 0. The molecule has 0 atom stereocenters. The largest absolute Gasteiger partial charge is 0.573 e. The summed E-state index contributed by atoms with van der Waals surface area (Å²) in [5.74, 6) is -2.24. The fourth-order valence-electron chi connectivity index (χ4n) is 2.50. The second-order valence-electron chi connectivity index (χ2n) is 6.49. The van der Waals surface area contributed by atoms with Crippen LogP contribution in [0.5, 0.6) is 17.2 Å². The third-order valence-electron chi connectivity index (χ3n) is 3.69. The van der Waals surface area contributed by atoms with Crippen molar-refractivity contribution in [1.82, 2.24) is 0 Å². The molecule has 3 aromatic rings. The quantitative estimate of drug-likeness (QED) is 0.223. The molecule has 0 aliphatic heterocycles. The molecule has 0 saturated carbocycles. The van der Waals surface area contributed by atoms with Crippen molar-refractivity contribution in [2.75, 3.05) is 0 Å². The van der Waals surface area contributed by atoms with Crippen LogP contribution in [-0.4, -0.2) is 24.9 Å². The average Bonchev–Trinajstić information content (AvgIpc) is 2.70. The van der Waals surface area contributed by atoms with Crippen LogP contribution in [0, 0.1) is 0 Å². The van der Waals surface area contributed by atoms with Gasteiger partial charge in [-0.1, -0.05) is 46.3 Å². The zero-order valence-electron chi connectivity index (χ0n) is 17.3. The predicted molar refractivity (Wildman–Crippen MR) is 111 cm³/mol. The van der Waals surface area contributed by atoms with Gasteiger partial charge in [0.1, 0.15) is 17.2 Å². The highest BCUT2D eigenvalue weighted by Crippen LogP contribution is 2.27. The van der Waals surface area contributed by atoms with Gasteiger partial charge < -0.3 is 14.2 Å². The van der Waals surface area contributed by atoms with E-state index in [0.29, 0.717) is 4.47 Å². The van der Waals surface area contributed by atoms with E-state index >= 15 is 0 Å². The van der Waals surface area contributed by atoms with Gasteiger partial charge in [-0.05, 0) is 42.5 Å². The van der Waals surface area contributed by atoms with E-state index in [1.54, 1.807) is 6.07 Å². The fourth-order valence-corrected chi connectivity index (χ4v) is 2.88. The molecule has 3 aromatic carbocycles. The van der Waals surface area contributed by atoms with E-state index < -0.39 is 36.4 Å². The predicted octanol–water partition coefficient (Wildman–Crippen LogP) is 8.06. The molecule has 0 amide bonds. The minimum absolute atomic E-state index is 0.180. The number of carbonyl (C=O) groups is 1. The van der Waals surface area contributed by atoms with E-state index in [-0.39, 0.29) is 16.9 Å². The highest BCUT2D eigenvalue weighted by atomic mass is 79.9. The van der Waals surface area contributed by atoms with Crippen LogP contribution in [0.15, 0.2) is 77.3 Å². The van der Waals surface area contributed by atoms with E-state index in [9.17, 15) is 44.3 Å². The topological polar surface area (TPSA) is 44.8 Å². The smallest absolute Gasteiger partial charge is 0.406 e. The van der Waals surface area contributed by atoms with Crippen molar-refractivity contribution in [2.45, 2.75) is 19.1 Å². The number of rotatable bonds is 5. The highest BCUT2D eigenvalue weighted by molar-refractivity contribution is 9.10. The van der Waals surface area contributed by atoms with Gasteiger partial charge in [0.25, 0.3) is 0 Å². The molecule has 36 heavy (non-hydrogen) atoms. The maximum atomic E-state index is 12.2. The molecule has 0 bridgehead atoms. The summed E-state index contributed by atoms with van der Waals surface area (Å²) in [6.07, 6.45) is -14.5. The Morgan fingerprint density at radius 2 is 0.889 bits per heavy atom. The molecule has 0 saturated heterocycles. The van der Waals surface area contributed by atoms with E-state index in [4.69, 9.17) is 0 Å². The zero-order chi connectivity index (χ0) is 27.1. The van der Waals surface area contributed by atoms with Crippen LogP contribution in [0.4, 0.5) is 39.5 Å². The first kappa shape index (κ1) is 28.8. The second-order valence-corrected chi connectivity index (χ2v) is 7.40. The van der Waals surface area contributed by atoms with Crippen LogP contribution in [0.2, 0.25) is 0 Å². The summed E-state index contributed by atoms with van der Waals surface area (Å²) in [4.78, 5) is 12.2. The summed E-state index contributed by atoms with van der Waals surface area (Å²) in [5.41, 5.74) is -0.359. The van der Waals surface area contributed by atoms with E-state index in [1.165, 1.54) is 30.3 Å². The summed E-state index contributed by atoms with van der Waals surface area (Å²) in [7, 11) is 0. The Balaban J connectivity index is 0.000000319. The van der Waals surface area contributed by atoms with Gasteiger partial charge in [-0.25, -0.2) is 0 Å². The third-order valence-corrected chi connectivity index (χ3v) is 4.18. The van der Waals surface area contributed by atoms with Crippen molar-refractivity contribution in [2.24, 2.45) is 0 Å². The molecular formula is C22H12BrF9O4. The standard InChI is InChI=1S/C15H8F6O3.C7H4BrF3O/c16-14(17,18)23-11-5-1-3-9(7-11)13(22)10-4-2-6-12(8-10)24-15(19,20)21;8-5-2-1-3-6(4-5)12-7(9,10)11/h1-8H;1-4H. The lowest BCUT2D eigenvalue weighted by Gasteiger charge is -2.11. The molecule has 3 rings (SSSR count). The van der Waals surface area contributed by atoms with E-state index in [0.717, 1.165) is 36.4 Å². The van der Waals surface area contributed by atoms with E-state index in [1.807, 2.05) is 0 Å². The van der Waals surface area contributed by atoms with Gasteiger partial charge >= 0.3 is 19.1 Å². The fraction of sp³-hybridized carbons (Fsp3) is 0.136. The molecule has 0 aliphatic rings. The molecule has 0 fully saturated rings. The highest BCUT2D eigenvalue weighted by Gasteiger charge is 2.32. The molecule has 0 unspecified atom stereocenters. The summed E-state index contributed by atoms with van der Waals surface area (Å²) in [5, 5.41) is 0. The maximum Gasteiger partial charge on any atom is 0.573 e. The van der Waals surface area contributed by atoms with Crippen molar-refractivity contribution in [3.8, 4) is 17.2 Å². The first-order valence-corrected chi connectivity index (χ1v) is 10.1. The number of carbonyl (C=O) groups excluding carboxylic acids is 1. The lowest BCUT2D eigenvalue weighted by atomic mass is 10.0. The van der Waals surface area contributed by atoms with Gasteiger partial charge in [0.2, 0.25) is 0 Å². The number of hydrogen-bond acceptors (Lipinski definition) is 4. The number of hydrogen-bond donors (Lipinski definition) is 0. The minimum Gasteiger partial charge on any atom is -0.406 e. The lowest BCUT2D eigenvalue weighted by Crippen LogP contribution is -2.17. The second kappa shape index (κ2) is 11.5. The maximum absolute atomic E-state index is 12.2. The summed E-state index contributed by atoms with van der Waals surface area (Å²) in [6, 6.07) is 14.0. The van der Waals surface area contributed by atoms with Gasteiger partial charge in [0.05, 0.1) is 0 Å². The van der Waals surface area contributed by atoms with Crippen molar-refractivity contribution in [1.29, 1.82) is 0 Å². The number of ketones is 1. The van der Waals surface area contributed by atoms with Crippen LogP contribution in [-0.2, 0) is 0 Å². The molecule has 14 heteroatoms. The Morgan fingerprint density at radius 3 is 1.22 bits per heavy atom. The van der Waals surface area contributed by atoms with Gasteiger partial charge in [-0.3, -0.25) is 4.79 Å². The molecule has 0 aromatic heterocycles. The summed E-state index contributed by atoms with van der Waals surface area (Å²) < 4.78 is 120. The Morgan fingerprint density at radius 1 is 0.556 bits per heavy atom. The minimum atomic E-state index is -4.93. The van der Waals surface area contributed by atoms with Crippen molar-refractivity contribution < 1.29 is 58.5 Å². The van der Waals surface area contributed by atoms with Crippen molar-refractivity contribution in [3.63, 3.8) is 0 Å². The van der Waals surface area contributed by atoms with Crippen molar-refractivity contribution in [3.05, 3.63) is 88.4 Å². The first-order valence-electron chi connectivity index (χ1n) is 9.28. The van der Waals surface area contributed by atoms with Crippen molar-refractivity contribution >= 4 is 21.7 Å². The molecule has 0 spiro atoms. The van der Waals surface area contributed by atoms with Gasteiger partial charge in [-0.15, -0.1) is 39.5 Å². The monoisotopic (exact) mass is 590 g/mol. The Kier molecular flexibility index (Phi) is 9.24. The lowest BCUT2D eigenvalue weighted by molar-refractivity contribution is -0.275. The van der Waals surface area contributed by atoms with Gasteiger partial charge in [0, 0.05) is 15.6 Å². The molecule has 0 radical (unpaired) electrons. The molecule has 0 heterocycles. The molecular weight excluding hydrogens is 579 g/mol. The normalized spacial score (nSPS) is 11.7. The first-order chi connectivity index (χ1) is 16.5. The van der Waals surface area contributed by atoms with Crippen LogP contribution in [0.25, 0.3) is 0 Å².